The lowest BCUT2D eigenvalue weighted by molar-refractivity contribution is -0.146. The number of β-amino-alcohol motifs (C(OH)–C–C–N with tert-alkyl or cyclic N) is 1. The number of ether oxygens (including phenoxy) is 1. The Balaban J connectivity index is 1.84. The van der Waals surface area contributed by atoms with Gasteiger partial charge in [0, 0.05) is 30.5 Å². The quantitative estimate of drug-likeness (QED) is 0.861. The van der Waals surface area contributed by atoms with Crippen LogP contribution in [0.2, 0.25) is 0 Å². The van der Waals surface area contributed by atoms with Gasteiger partial charge >= 0.3 is 5.97 Å². The van der Waals surface area contributed by atoms with Gasteiger partial charge in [0.15, 0.2) is 0 Å². The van der Waals surface area contributed by atoms with E-state index >= 15 is 0 Å². The second-order valence-corrected chi connectivity index (χ2v) is 5.12. The van der Waals surface area contributed by atoms with E-state index in [-0.39, 0.29) is 12.0 Å². The Kier molecular flexibility index (Phi) is 3.46. The number of hydrogen-bond donors (Lipinski definition) is 1. The van der Waals surface area contributed by atoms with Crippen LogP contribution in [0.15, 0.2) is 34.9 Å². The molecule has 1 aromatic heterocycles. The van der Waals surface area contributed by atoms with E-state index in [2.05, 4.69) is 0 Å². The second kappa shape index (κ2) is 5.26. The highest BCUT2D eigenvalue weighted by molar-refractivity contribution is 5.81. The van der Waals surface area contributed by atoms with E-state index < -0.39 is 6.10 Å². The number of rotatable bonds is 3. The molecule has 20 heavy (non-hydrogen) atoms. The van der Waals surface area contributed by atoms with Crippen LogP contribution in [0, 0.1) is 0 Å². The Labute approximate surface area is 116 Å². The summed E-state index contributed by atoms with van der Waals surface area (Å²) in [4.78, 5) is 13.7. The van der Waals surface area contributed by atoms with Crippen LogP contribution >= 0.6 is 0 Å². The molecule has 0 amide bonds. The minimum atomic E-state index is -0.489. The Morgan fingerprint density at radius 1 is 1.50 bits per heavy atom. The van der Waals surface area contributed by atoms with E-state index in [0.29, 0.717) is 19.5 Å². The van der Waals surface area contributed by atoms with Gasteiger partial charge in [0.2, 0.25) is 0 Å². The van der Waals surface area contributed by atoms with Gasteiger partial charge in [-0.25, -0.2) is 0 Å². The normalized spacial score (nSPS) is 23.3. The third-order valence-corrected chi connectivity index (χ3v) is 3.79. The molecule has 106 valence electrons. The minimum Gasteiger partial charge on any atom is -0.468 e. The number of nitrogens with zero attached hydrogens (tertiary/aromatic N) is 1. The number of aliphatic hydroxyl groups is 1. The van der Waals surface area contributed by atoms with Gasteiger partial charge in [-0.2, -0.15) is 0 Å². The van der Waals surface area contributed by atoms with Crippen molar-refractivity contribution in [2.45, 2.75) is 25.1 Å². The molecule has 5 nitrogen and oxygen atoms in total. The number of hydrogen-bond acceptors (Lipinski definition) is 5. The molecule has 2 aromatic rings. The molecule has 5 heteroatoms. The Morgan fingerprint density at radius 3 is 3.10 bits per heavy atom. The standard InChI is InChI=1S/C15H17NO4/c1-19-15(18)13-6-11(17)8-16(13)7-10-9-20-14-5-3-2-4-12(10)14/h2-5,9,11,13,17H,6-8H2,1H3/t11-,13+/m1/s1. The number of carbonyl (C=O) groups excluding carboxylic acids is 1. The van der Waals surface area contributed by atoms with Crippen molar-refractivity contribution in [2.75, 3.05) is 13.7 Å². The fourth-order valence-electron chi connectivity index (χ4n) is 2.81. The Morgan fingerprint density at radius 2 is 2.30 bits per heavy atom. The van der Waals surface area contributed by atoms with Crippen molar-refractivity contribution in [3.05, 3.63) is 36.1 Å². The molecule has 0 radical (unpaired) electrons. The number of para-hydroxylation sites is 1. The highest BCUT2D eigenvalue weighted by Crippen LogP contribution is 2.26. The monoisotopic (exact) mass is 275 g/mol. The number of fused-ring (bicyclic) bond motifs is 1. The summed E-state index contributed by atoms with van der Waals surface area (Å²) in [6.07, 6.45) is 1.64. The molecule has 2 atom stereocenters. The molecule has 1 aromatic carbocycles. The van der Waals surface area contributed by atoms with Crippen molar-refractivity contribution in [1.82, 2.24) is 4.90 Å². The molecule has 1 fully saturated rings. The summed E-state index contributed by atoms with van der Waals surface area (Å²) < 4.78 is 10.3. The maximum Gasteiger partial charge on any atom is 0.323 e. The predicted octanol–water partition coefficient (Wildman–Crippen LogP) is 1.54. The van der Waals surface area contributed by atoms with Gasteiger partial charge in [-0.3, -0.25) is 9.69 Å². The lowest BCUT2D eigenvalue weighted by Crippen LogP contribution is -2.36. The first-order chi connectivity index (χ1) is 9.69. The van der Waals surface area contributed by atoms with E-state index in [1.807, 2.05) is 29.2 Å². The van der Waals surface area contributed by atoms with Crippen molar-refractivity contribution in [3.8, 4) is 0 Å². The van der Waals surface area contributed by atoms with E-state index in [1.165, 1.54) is 7.11 Å². The van der Waals surface area contributed by atoms with Crippen LogP contribution in [0.25, 0.3) is 11.0 Å². The topological polar surface area (TPSA) is 62.9 Å². The SMILES string of the molecule is COC(=O)[C@@H]1C[C@@H](O)CN1Cc1coc2ccccc12. The summed E-state index contributed by atoms with van der Waals surface area (Å²) in [5.41, 5.74) is 1.85. The average molecular weight is 275 g/mol. The maximum atomic E-state index is 11.8. The fraction of sp³-hybridized carbons (Fsp3) is 0.400. The number of methoxy groups -OCH3 is 1. The summed E-state index contributed by atoms with van der Waals surface area (Å²) in [6, 6.07) is 7.40. The number of likely N-dealkylation sites (tertiary alicyclic amines) is 1. The van der Waals surface area contributed by atoms with Crippen LogP contribution < -0.4 is 0 Å². The summed E-state index contributed by atoms with van der Waals surface area (Å²) in [5, 5.41) is 10.8. The predicted molar refractivity (Wildman–Crippen MR) is 73.1 cm³/mol. The fourth-order valence-corrected chi connectivity index (χ4v) is 2.81. The average Bonchev–Trinajstić information content (AvgIpc) is 3.03. The number of furan rings is 1. The summed E-state index contributed by atoms with van der Waals surface area (Å²) >= 11 is 0. The molecule has 1 saturated heterocycles. The van der Waals surface area contributed by atoms with Crippen LogP contribution in [-0.2, 0) is 16.1 Å². The largest absolute Gasteiger partial charge is 0.468 e. The highest BCUT2D eigenvalue weighted by atomic mass is 16.5. The Hall–Kier alpha value is -1.85. The van der Waals surface area contributed by atoms with Crippen LogP contribution in [-0.4, -0.2) is 41.8 Å². The number of esters is 1. The minimum absolute atomic E-state index is 0.297. The summed E-state index contributed by atoms with van der Waals surface area (Å²) in [6.45, 7) is 1.03. The first kappa shape index (κ1) is 13.1. The zero-order chi connectivity index (χ0) is 14.1. The number of benzene rings is 1. The van der Waals surface area contributed by atoms with E-state index in [4.69, 9.17) is 9.15 Å². The summed E-state index contributed by atoms with van der Waals surface area (Å²) in [7, 11) is 1.37. The van der Waals surface area contributed by atoms with Crippen molar-refractivity contribution in [1.29, 1.82) is 0 Å². The zero-order valence-corrected chi connectivity index (χ0v) is 11.3. The Bertz CT molecular complexity index is 621. The maximum absolute atomic E-state index is 11.8. The van der Waals surface area contributed by atoms with Gasteiger partial charge in [0.05, 0.1) is 19.5 Å². The first-order valence-electron chi connectivity index (χ1n) is 6.64. The van der Waals surface area contributed by atoms with Gasteiger partial charge in [0.25, 0.3) is 0 Å². The molecule has 1 aliphatic heterocycles. The van der Waals surface area contributed by atoms with Gasteiger partial charge in [-0.05, 0) is 6.07 Å². The lowest BCUT2D eigenvalue weighted by atomic mass is 10.1. The van der Waals surface area contributed by atoms with Gasteiger partial charge < -0.3 is 14.3 Å². The van der Waals surface area contributed by atoms with Crippen molar-refractivity contribution >= 4 is 16.9 Å². The first-order valence-corrected chi connectivity index (χ1v) is 6.64. The molecule has 0 unspecified atom stereocenters. The van der Waals surface area contributed by atoms with E-state index in [9.17, 15) is 9.90 Å². The molecule has 3 rings (SSSR count). The van der Waals surface area contributed by atoms with Crippen molar-refractivity contribution in [2.24, 2.45) is 0 Å². The van der Waals surface area contributed by atoms with Gasteiger partial charge in [-0.15, -0.1) is 0 Å². The van der Waals surface area contributed by atoms with Gasteiger partial charge in [-0.1, -0.05) is 18.2 Å². The summed E-state index contributed by atoms with van der Waals surface area (Å²) in [5.74, 6) is -0.297. The van der Waals surface area contributed by atoms with E-state index in [1.54, 1.807) is 6.26 Å². The third kappa shape index (κ3) is 2.30. The van der Waals surface area contributed by atoms with Crippen LogP contribution in [0.4, 0.5) is 0 Å². The van der Waals surface area contributed by atoms with Crippen LogP contribution in [0.1, 0.15) is 12.0 Å². The molecule has 1 aliphatic rings. The third-order valence-electron chi connectivity index (χ3n) is 3.79. The molecule has 2 heterocycles. The van der Waals surface area contributed by atoms with Crippen LogP contribution in [0.3, 0.4) is 0 Å². The lowest BCUT2D eigenvalue weighted by Gasteiger charge is -2.21. The van der Waals surface area contributed by atoms with Crippen molar-refractivity contribution < 1.29 is 19.1 Å². The molecule has 0 bridgehead atoms. The smallest absolute Gasteiger partial charge is 0.323 e. The second-order valence-electron chi connectivity index (χ2n) is 5.12. The number of carbonyl (C=O) groups is 1. The molecular formula is C15H17NO4. The van der Waals surface area contributed by atoms with E-state index in [0.717, 1.165) is 16.5 Å². The molecule has 0 saturated carbocycles. The molecule has 0 spiro atoms. The van der Waals surface area contributed by atoms with Crippen molar-refractivity contribution in [3.63, 3.8) is 0 Å². The molecule has 0 aliphatic carbocycles. The van der Waals surface area contributed by atoms with Gasteiger partial charge in [0.1, 0.15) is 11.6 Å². The molecule has 1 N–H and O–H groups in total. The number of aliphatic hydroxyl groups excluding tert-OH is 1. The zero-order valence-electron chi connectivity index (χ0n) is 11.3. The van der Waals surface area contributed by atoms with Crippen LogP contribution in [0.5, 0.6) is 0 Å². The highest BCUT2D eigenvalue weighted by Gasteiger charge is 2.36. The molecular weight excluding hydrogens is 258 g/mol.